The Morgan fingerprint density at radius 1 is 1.40 bits per heavy atom. The van der Waals surface area contributed by atoms with Gasteiger partial charge in [-0.2, -0.15) is 0 Å². The van der Waals surface area contributed by atoms with Gasteiger partial charge in [0.05, 0.1) is 10.6 Å². The van der Waals surface area contributed by atoms with E-state index in [9.17, 15) is 4.79 Å². The fraction of sp³-hybridized carbons (Fsp3) is 0.300. The van der Waals surface area contributed by atoms with Crippen LogP contribution in [0.25, 0.3) is 0 Å². The second-order valence-corrected chi connectivity index (χ2v) is 3.87. The Morgan fingerprint density at radius 3 is 2.73 bits per heavy atom. The van der Waals surface area contributed by atoms with Gasteiger partial charge >= 0.3 is 0 Å². The maximum absolute atomic E-state index is 11.6. The lowest BCUT2D eigenvalue weighted by atomic mass is 10.2. The van der Waals surface area contributed by atoms with Crippen LogP contribution >= 0.6 is 23.2 Å². The van der Waals surface area contributed by atoms with Gasteiger partial charge in [0.15, 0.2) is 0 Å². The Labute approximate surface area is 98.5 Å². The second kappa shape index (κ2) is 5.95. The fourth-order valence-electron chi connectivity index (χ4n) is 1.07. The van der Waals surface area contributed by atoms with Crippen molar-refractivity contribution in [2.45, 2.75) is 6.42 Å². The molecule has 0 spiro atoms. The number of benzene rings is 1. The van der Waals surface area contributed by atoms with Gasteiger partial charge in [-0.05, 0) is 31.2 Å². The summed E-state index contributed by atoms with van der Waals surface area (Å²) in [5, 5.41) is 3.58. The first-order valence-electron chi connectivity index (χ1n) is 4.58. The lowest BCUT2D eigenvalue weighted by Gasteiger charge is -2.05. The molecule has 15 heavy (non-hydrogen) atoms. The molecular weight excluding hydrogens is 235 g/mol. The molecule has 5 heteroatoms. The maximum atomic E-state index is 11.6. The Bertz CT molecular complexity index is 355. The first-order valence-corrected chi connectivity index (χ1v) is 5.34. The molecular formula is C10H12Cl2N2O. The molecule has 0 saturated carbocycles. The molecule has 82 valence electrons. The highest BCUT2D eigenvalue weighted by Gasteiger charge is 2.09. The predicted octanol–water partition coefficient (Wildman–Crippen LogP) is 2.07. The molecule has 1 amide bonds. The van der Waals surface area contributed by atoms with Gasteiger partial charge in [-0.3, -0.25) is 4.79 Å². The highest BCUT2D eigenvalue weighted by molar-refractivity contribution is 6.36. The summed E-state index contributed by atoms with van der Waals surface area (Å²) < 4.78 is 0. The van der Waals surface area contributed by atoms with E-state index in [1.54, 1.807) is 18.2 Å². The number of hydrogen-bond donors (Lipinski definition) is 2. The Hall–Kier alpha value is -0.770. The molecule has 0 radical (unpaired) electrons. The van der Waals surface area contributed by atoms with Crippen LogP contribution < -0.4 is 11.1 Å². The zero-order valence-corrected chi connectivity index (χ0v) is 9.61. The smallest absolute Gasteiger partial charge is 0.252 e. The van der Waals surface area contributed by atoms with E-state index in [0.717, 1.165) is 6.42 Å². The minimum atomic E-state index is -0.204. The molecule has 0 atom stereocenters. The summed E-state index contributed by atoms with van der Waals surface area (Å²) in [4.78, 5) is 11.6. The van der Waals surface area contributed by atoms with Crippen molar-refractivity contribution in [3.63, 3.8) is 0 Å². The molecule has 1 rings (SSSR count). The van der Waals surface area contributed by atoms with E-state index < -0.39 is 0 Å². The van der Waals surface area contributed by atoms with Crippen LogP contribution in [0.3, 0.4) is 0 Å². The average Bonchev–Trinajstić information content (AvgIpc) is 2.17. The Kier molecular flexibility index (Phi) is 4.88. The number of carbonyl (C=O) groups is 1. The van der Waals surface area contributed by atoms with Crippen LogP contribution in [0, 0.1) is 0 Å². The summed E-state index contributed by atoms with van der Waals surface area (Å²) in [5.41, 5.74) is 5.74. The van der Waals surface area contributed by atoms with E-state index in [1.165, 1.54) is 0 Å². The molecule has 0 aromatic heterocycles. The number of amides is 1. The quantitative estimate of drug-likeness (QED) is 0.800. The fourth-order valence-corrected chi connectivity index (χ4v) is 1.57. The average molecular weight is 247 g/mol. The summed E-state index contributed by atoms with van der Waals surface area (Å²) in [6, 6.07) is 4.77. The third-order valence-electron chi connectivity index (χ3n) is 1.84. The molecule has 1 aromatic carbocycles. The monoisotopic (exact) mass is 246 g/mol. The first kappa shape index (κ1) is 12.3. The van der Waals surface area contributed by atoms with Crippen molar-refractivity contribution in [3.8, 4) is 0 Å². The van der Waals surface area contributed by atoms with Crippen LogP contribution in [0.15, 0.2) is 18.2 Å². The number of rotatable bonds is 4. The highest BCUT2D eigenvalue weighted by Crippen LogP contribution is 2.20. The molecule has 0 fully saturated rings. The molecule has 3 nitrogen and oxygen atoms in total. The summed E-state index contributed by atoms with van der Waals surface area (Å²) in [6.45, 7) is 1.10. The first-order chi connectivity index (χ1) is 7.15. The number of nitrogens with two attached hydrogens (primary N) is 1. The number of halogens is 2. The van der Waals surface area contributed by atoms with Crippen LogP contribution in [-0.2, 0) is 0 Å². The summed E-state index contributed by atoms with van der Waals surface area (Å²) >= 11 is 11.6. The normalized spacial score (nSPS) is 10.1. The van der Waals surface area contributed by atoms with E-state index >= 15 is 0 Å². The minimum absolute atomic E-state index is 0.204. The lowest BCUT2D eigenvalue weighted by molar-refractivity contribution is 0.0953. The largest absolute Gasteiger partial charge is 0.352 e. The zero-order chi connectivity index (χ0) is 11.3. The van der Waals surface area contributed by atoms with E-state index in [4.69, 9.17) is 28.9 Å². The van der Waals surface area contributed by atoms with E-state index in [0.29, 0.717) is 28.7 Å². The molecule has 0 saturated heterocycles. The van der Waals surface area contributed by atoms with E-state index in [-0.39, 0.29) is 5.91 Å². The van der Waals surface area contributed by atoms with Crippen LogP contribution in [-0.4, -0.2) is 19.0 Å². The van der Waals surface area contributed by atoms with Gasteiger partial charge in [0.2, 0.25) is 0 Å². The lowest BCUT2D eigenvalue weighted by Crippen LogP contribution is -2.26. The van der Waals surface area contributed by atoms with Crippen molar-refractivity contribution in [1.29, 1.82) is 0 Å². The molecule has 0 bridgehead atoms. The van der Waals surface area contributed by atoms with Crippen molar-refractivity contribution in [2.75, 3.05) is 13.1 Å². The van der Waals surface area contributed by atoms with Gasteiger partial charge in [-0.1, -0.05) is 23.2 Å². The summed E-state index contributed by atoms with van der Waals surface area (Å²) in [7, 11) is 0. The number of carbonyl (C=O) groups excluding carboxylic acids is 1. The van der Waals surface area contributed by atoms with Gasteiger partial charge < -0.3 is 11.1 Å². The number of nitrogens with one attached hydrogen (secondary N) is 1. The van der Waals surface area contributed by atoms with Crippen LogP contribution in [0.1, 0.15) is 16.8 Å². The molecule has 3 N–H and O–H groups in total. The molecule has 0 aliphatic heterocycles. The van der Waals surface area contributed by atoms with E-state index in [1.807, 2.05) is 0 Å². The summed E-state index contributed by atoms with van der Waals surface area (Å²) in [6.07, 6.45) is 0.747. The maximum Gasteiger partial charge on any atom is 0.252 e. The van der Waals surface area contributed by atoms with Crippen molar-refractivity contribution >= 4 is 29.1 Å². The topological polar surface area (TPSA) is 55.1 Å². The molecule has 0 heterocycles. The van der Waals surface area contributed by atoms with Crippen LogP contribution in [0.4, 0.5) is 0 Å². The molecule has 1 aromatic rings. The number of hydrogen-bond acceptors (Lipinski definition) is 2. The SMILES string of the molecule is NCCCNC(=O)c1ccc(Cl)cc1Cl. The minimum Gasteiger partial charge on any atom is -0.352 e. The van der Waals surface area contributed by atoms with Crippen molar-refractivity contribution in [3.05, 3.63) is 33.8 Å². The van der Waals surface area contributed by atoms with Gasteiger partial charge in [0.1, 0.15) is 0 Å². The molecule has 0 aliphatic carbocycles. The third-order valence-corrected chi connectivity index (χ3v) is 2.39. The summed E-state index contributed by atoms with van der Waals surface area (Å²) in [5.74, 6) is -0.204. The van der Waals surface area contributed by atoms with Gasteiger partial charge in [0.25, 0.3) is 5.91 Å². The molecule has 0 unspecified atom stereocenters. The zero-order valence-electron chi connectivity index (χ0n) is 8.09. The standard InChI is InChI=1S/C10H12Cl2N2O/c11-7-2-3-8(9(12)6-7)10(15)14-5-1-4-13/h2-3,6H,1,4-5,13H2,(H,14,15). The van der Waals surface area contributed by atoms with E-state index in [2.05, 4.69) is 5.32 Å². The van der Waals surface area contributed by atoms with Crippen LogP contribution in [0.5, 0.6) is 0 Å². The van der Waals surface area contributed by atoms with Crippen molar-refractivity contribution in [2.24, 2.45) is 5.73 Å². The van der Waals surface area contributed by atoms with Crippen molar-refractivity contribution in [1.82, 2.24) is 5.32 Å². The van der Waals surface area contributed by atoms with Gasteiger partial charge in [-0.15, -0.1) is 0 Å². The Balaban J connectivity index is 2.65. The highest BCUT2D eigenvalue weighted by atomic mass is 35.5. The van der Waals surface area contributed by atoms with Gasteiger partial charge in [-0.25, -0.2) is 0 Å². The third kappa shape index (κ3) is 3.70. The van der Waals surface area contributed by atoms with Crippen LogP contribution in [0.2, 0.25) is 10.0 Å². The second-order valence-electron chi connectivity index (χ2n) is 3.02. The van der Waals surface area contributed by atoms with Gasteiger partial charge in [0, 0.05) is 11.6 Å². The predicted molar refractivity (Wildman–Crippen MR) is 62.5 cm³/mol. The molecule has 0 aliphatic rings. The van der Waals surface area contributed by atoms with Crippen molar-refractivity contribution < 1.29 is 4.79 Å². The Morgan fingerprint density at radius 2 is 2.13 bits per heavy atom.